The molecule has 2 aromatic carbocycles. The van der Waals surface area contributed by atoms with E-state index in [1.807, 2.05) is 31.2 Å². The van der Waals surface area contributed by atoms with Gasteiger partial charge in [-0.3, -0.25) is 4.79 Å². The Hall–Kier alpha value is -2.66. The van der Waals surface area contributed by atoms with E-state index in [-0.39, 0.29) is 11.7 Å². The van der Waals surface area contributed by atoms with Gasteiger partial charge in [0.25, 0.3) is 5.76 Å². The number of carbonyl (C=O) groups is 1. The van der Waals surface area contributed by atoms with Gasteiger partial charge in [0.15, 0.2) is 0 Å². The minimum absolute atomic E-state index is 0.0741. The van der Waals surface area contributed by atoms with Gasteiger partial charge < -0.3 is 10.1 Å². The first-order valence-corrected chi connectivity index (χ1v) is 10.4. The molecule has 3 aromatic rings. The molecule has 0 saturated carbocycles. The molecule has 11 heteroatoms. The third-order valence-electron chi connectivity index (χ3n) is 3.53. The molecule has 0 spiro atoms. The number of hydrogen-bond donors (Lipinski definition) is 1. The average molecular weight is 437 g/mol. The molecule has 0 saturated heterocycles. The molecule has 0 unspecified atom stereocenters. The molecular weight excluding hydrogens is 420 g/mol. The number of amides is 1. The van der Waals surface area contributed by atoms with E-state index in [9.17, 15) is 13.6 Å². The van der Waals surface area contributed by atoms with Gasteiger partial charge in [-0.25, -0.2) is 0 Å². The number of thioether (sulfide) groups is 2. The van der Waals surface area contributed by atoms with E-state index < -0.39 is 5.76 Å². The smallest absolute Gasteiger partial charge is 0.288 e. The number of tetrazole rings is 1. The second-order valence-electron chi connectivity index (χ2n) is 5.51. The van der Waals surface area contributed by atoms with Gasteiger partial charge in [-0.1, -0.05) is 35.7 Å². The highest BCUT2D eigenvalue weighted by Crippen LogP contribution is 2.27. The molecule has 0 atom stereocenters. The van der Waals surface area contributed by atoms with Crippen LogP contribution in [0.25, 0.3) is 5.69 Å². The predicted molar refractivity (Wildman–Crippen MR) is 108 cm³/mol. The van der Waals surface area contributed by atoms with Gasteiger partial charge in [-0.15, -0.1) is 5.10 Å². The van der Waals surface area contributed by atoms with Crippen LogP contribution >= 0.6 is 23.5 Å². The first-order chi connectivity index (χ1) is 14.1. The quantitative estimate of drug-likeness (QED) is 0.505. The van der Waals surface area contributed by atoms with Crippen LogP contribution in [0.3, 0.4) is 0 Å². The zero-order chi connectivity index (χ0) is 20.6. The molecule has 1 N–H and O–H groups in total. The summed E-state index contributed by atoms with van der Waals surface area (Å²) in [5.74, 6) is -2.04. The van der Waals surface area contributed by atoms with Crippen molar-refractivity contribution in [2.24, 2.45) is 0 Å². The molecule has 29 heavy (non-hydrogen) atoms. The fourth-order valence-electron chi connectivity index (χ4n) is 2.38. The summed E-state index contributed by atoms with van der Waals surface area (Å²) >= 11 is 1.62. The molecular formula is C18H17F2N5O2S2. The van der Waals surface area contributed by atoms with Crippen molar-refractivity contribution in [3.05, 3.63) is 48.5 Å². The number of alkyl halides is 2. The van der Waals surface area contributed by atoms with Crippen molar-refractivity contribution in [3.8, 4) is 11.4 Å². The van der Waals surface area contributed by atoms with Gasteiger partial charge in [0.2, 0.25) is 11.1 Å². The van der Waals surface area contributed by atoms with Crippen LogP contribution in [0.2, 0.25) is 0 Å². The summed E-state index contributed by atoms with van der Waals surface area (Å²) in [6, 6.07) is 13.6. The van der Waals surface area contributed by atoms with E-state index in [0.717, 1.165) is 0 Å². The molecule has 0 aliphatic heterocycles. The molecule has 0 radical (unpaired) electrons. The standard InChI is InChI=1S/C18H17F2N5O2S2/c1-2-27-15-6-4-3-5-14(15)25-18(22-23-24-25)28-11-16(26)21-12-7-9-13(10-8-12)29-17(19)20/h3-10,17H,2,11H2,1H3,(H,21,26). The summed E-state index contributed by atoms with van der Waals surface area (Å²) in [4.78, 5) is 12.7. The number of ether oxygens (including phenoxy) is 1. The van der Waals surface area contributed by atoms with Crippen molar-refractivity contribution in [2.75, 3.05) is 17.7 Å². The van der Waals surface area contributed by atoms with Gasteiger partial charge in [0.05, 0.1) is 12.4 Å². The average Bonchev–Trinajstić information content (AvgIpc) is 3.17. The van der Waals surface area contributed by atoms with Crippen LogP contribution < -0.4 is 10.1 Å². The third kappa shape index (κ3) is 5.91. The molecule has 0 fully saturated rings. The molecule has 152 valence electrons. The number of anilines is 1. The summed E-state index contributed by atoms with van der Waals surface area (Å²) < 4.78 is 31.8. The number of halogens is 2. The number of para-hydroxylation sites is 2. The highest BCUT2D eigenvalue weighted by atomic mass is 32.2. The molecule has 3 rings (SSSR count). The number of carbonyl (C=O) groups excluding carboxylic acids is 1. The van der Waals surface area contributed by atoms with E-state index in [1.165, 1.54) is 28.6 Å². The van der Waals surface area contributed by atoms with Crippen LogP contribution in [-0.2, 0) is 4.79 Å². The van der Waals surface area contributed by atoms with E-state index >= 15 is 0 Å². The van der Waals surface area contributed by atoms with Crippen LogP contribution in [0, 0.1) is 0 Å². The highest BCUT2D eigenvalue weighted by molar-refractivity contribution is 8.00. The van der Waals surface area contributed by atoms with E-state index in [1.54, 1.807) is 12.1 Å². The van der Waals surface area contributed by atoms with Crippen molar-refractivity contribution in [1.29, 1.82) is 0 Å². The van der Waals surface area contributed by atoms with Gasteiger partial charge in [0, 0.05) is 10.6 Å². The summed E-state index contributed by atoms with van der Waals surface area (Å²) in [6.45, 7) is 2.38. The largest absolute Gasteiger partial charge is 0.492 e. The predicted octanol–water partition coefficient (Wildman–Crippen LogP) is 4.11. The summed E-state index contributed by atoms with van der Waals surface area (Å²) in [5, 5.41) is 14.8. The maximum atomic E-state index is 12.4. The summed E-state index contributed by atoms with van der Waals surface area (Å²) in [7, 11) is 0. The molecule has 1 aromatic heterocycles. The van der Waals surface area contributed by atoms with Crippen molar-refractivity contribution < 1.29 is 18.3 Å². The van der Waals surface area contributed by atoms with Gasteiger partial charge in [-0.2, -0.15) is 13.5 Å². The number of hydrogen-bond acceptors (Lipinski definition) is 7. The Morgan fingerprint density at radius 2 is 1.97 bits per heavy atom. The maximum Gasteiger partial charge on any atom is 0.288 e. The SMILES string of the molecule is CCOc1ccccc1-n1nnnc1SCC(=O)Nc1ccc(SC(F)F)cc1. The molecule has 1 heterocycles. The van der Waals surface area contributed by atoms with E-state index in [2.05, 4.69) is 20.8 Å². The van der Waals surface area contributed by atoms with Gasteiger partial charge >= 0.3 is 0 Å². The number of benzene rings is 2. The number of nitrogens with zero attached hydrogens (tertiary/aromatic N) is 4. The Bertz CT molecular complexity index is 953. The Morgan fingerprint density at radius 3 is 2.69 bits per heavy atom. The van der Waals surface area contributed by atoms with Crippen molar-refractivity contribution in [2.45, 2.75) is 22.7 Å². The zero-order valence-electron chi connectivity index (χ0n) is 15.3. The monoisotopic (exact) mass is 437 g/mol. The first-order valence-electron chi connectivity index (χ1n) is 8.55. The second-order valence-corrected chi connectivity index (χ2v) is 7.52. The van der Waals surface area contributed by atoms with Crippen LogP contribution in [0.1, 0.15) is 6.92 Å². The first kappa shape index (κ1) is 21.1. The second kappa shape index (κ2) is 10.2. The number of aromatic nitrogens is 4. The van der Waals surface area contributed by atoms with Crippen LogP contribution in [0.5, 0.6) is 5.75 Å². The third-order valence-corrected chi connectivity index (χ3v) is 5.17. The molecule has 0 bridgehead atoms. The minimum Gasteiger partial charge on any atom is -0.492 e. The summed E-state index contributed by atoms with van der Waals surface area (Å²) in [5.41, 5.74) is 1.20. The Kier molecular flexibility index (Phi) is 7.42. The fraction of sp³-hybridized carbons (Fsp3) is 0.222. The lowest BCUT2D eigenvalue weighted by atomic mass is 10.3. The number of nitrogens with one attached hydrogen (secondary N) is 1. The maximum absolute atomic E-state index is 12.4. The topological polar surface area (TPSA) is 81.9 Å². The molecule has 0 aliphatic rings. The van der Waals surface area contributed by atoms with Crippen molar-refractivity contribution in [3.63, 3.8) is 0 Å². The number of rotatable bonds is 9. The lowest BCUT2D eigenvalue weighted by molar-refractivity contribution is -0.113. The van der Waals surface area contributed by atoms with E-state index in [4.69, 9.17) is 4.74 Å². The van der Waals surface area contributed by atoms with Crippen molar-refractivity contribution in [1.82, 2.24) is 20.2 Å². The Balaban J connectivity index is 1.61. The van der Waals surface area contributed by atoms with Gasteiger partial charge in [-0.05, 0) is 53.7 Å². The zero-order valence-corrected chi connectivity index (χ0v) is 16.9. The highest BCUT2D eigenvalue weighted by Gasteiger charge is 2.15. The van der Waals surface area contributed by atoms with E-state index in [0.29, 0.717) is 45.5 Å². The lowest BCUT2D eigenvalue weighted by Gasteiger charge is -2.10. The van der Waals surface area contributed by atoms with Crippen LogP contribution in [-0.4, -0.2) is 44.2 Å². The van der Waals surface area contributed by atoms with Crippen molar-refractivity contribution >= 4 is 35.1 Å². The lowest BCUT2D eigenvalue weighted by Crippen LogP contribution is -2.14. The minimum atomic E-state index is -2.48. The molecule has 0 aliphatic carbocycles. The Morgan fingerprint density at radius 1 is 1.21 bits per heavy atom. The van der Waals surface area contributed by atoms with Gasteiger partial charge in [0.1, 0.15) is 11.4 Å². The fourth-order valence-corrected chi connectivity index (χ4v) is 3.56. The van der Waals surface area contributed by atoms with Crippen LogP contribution in [0.15, 0.2) is 58.6 Å². The Labute approximate surface area is 174 Å². The molecule has 1 amide bonds. The summed E-state index contributed by atoms with van der Waals surface area (Å²) in [6.07, 6.45) is 0. The molecule has 7 nitrogen and oxygen atoms in total. The van der Waals surface area contributed by atoms with Crippen LogP contribution in [0.4, 0.5) is 14.5 Å². The normalized spacial score (nSPS) is 10.9.